The van der Waals surface area contributed by atoms with Crippen molar-refractivity contribution >= 4 is 23.5 Å². The molecule has 1 saturated heterocycles. The monoisotopic (exact) mass is 528 g/mol. The van der Waals surface area contributed by atoms with Gasteiger partial charge in [-0.2, -0.15) is 0 Å². The van der Waals surface area contributed by atoms with Gasteiger partial charge in [0, 0.05) is 31.4 Å². The Labute approximate surface area is 218 Å². The second kappa shape index (κ2) is 11.8. The molecule has 0 unspecified atom stereocenters. The normalized spacial score (nSPS) is 18.9. The molecule has 2 heterocycles. The van der Waals surface area contributed by atoms with Gasteiger partial charge in [-0.3, -0.25) is 24.2 Å². The average molecular weight is 529 g/mol. The number of halogens is 2. The number of carbonyl (C=O) groups is 4. The van der Waals surface area contributed by atoms with E-state index in [2.05, 4.69) is 20.9 Å². The second-order valence-corrected chi connectivity index (χ2v) is 9.78. The molecule has 1 saturated carbocycles. The molecule has 4 rings (SSSR count). The molecule has 1 aromatic carbocycles. The Morgan fingerprint density at radius 2 is 1.68 bits per heavy atom. The Balaban J connectivity index is 1.43. The van der Waals surface area contributed by atoms with E-state index in [0.29, 0.717) is 5.69 Å². The lowest BCUT2D eigenvalue weighted by Gasteiger charge is -2.42. The summed E-state index contributed by atoms with van der Waals surface area (Å²) in [7, 11) is 0. The standard InChI is InChI=1S/C27H30F2N4O5/c28-27(29)11-9-19(10-12-27)23(35)33-26(16-38-17-26)25(37)32-21(14-18-6-2-1-3-7-18)22(34)24(36)31-15-20-8-4-5-13-30-20/h1-8,13,19,21H,9-12,14-17H2,(H,31,36)(H,32,37)(H,33,35)/t21-/m1/s1. The van der Waals surface area contributed by atoms with Crippen LogP contribution in [0.4, 0.5) is 8.78 Å². The summed E-state index contributed by atoms with van der Waals surface area (Å²) in [6.45, 7) is -0.233. The lowest BCUT2D eigenvalue weighted by molar-refractivity contribution is -0.157. The Hall–Kier alpha value is -3.73. The summed E-state index contributed by atoms with van der Waals surface area (Å²) >= 11 is 0. The van der Waals surface area contributed by atoms with Crippen LogP contribution in [-0.4, -0.2) is 59.2 Å². The maximum atomic E-state index is 13.5. The van der Waals surface area contributed by atoms with Gasteiger partial charge in [0.1, 0.15) is 6.04 Å². The van der Waals surface area contributed by atoms with Gasteiger partial charge in [0.25, 0.3) is 11.8 Å². The van der Waals surface area contributed by atoms with Crippen molar-refractivity contribution in [2.75, 3.05) is 13.2 Å². The van der Waals surface area contributed by atoms with E-state index in [9.17, 15) is 28.0 Å². The van der Waals surface area contributed by atoms with E-state index < -0.39 is 46.9 Å². The highest BCUT2D eigenvalue weighted by Gasteiger charge is 2.50. The van der Waals surface area contributed by atoms with Crippen molar-refractivity contribution < 1.29 is 32.7 Å². The summed E-state index contributed by atoms with van der Waals surface area (Å²) < 4.78 is 32.2. The topological polar surface area (TPSA) is 126 Å². The molecule has 1 aromatic heterocycles. The Kier molecular flexibility index (Phi) is 8.45. The Morgan fingerprint density at radius 1 is 1.00 bits per heavy atom. The zero-order valence-electron chi connectivity index (χ0n) is 20.8. The molecule has 2 aromatic rings. The van der Waals surface area contributed by atoms with Gasteiger partial charge in [0.05, 0.1) is 25.5 Å². The molecule has 1 aliphatic carbocycles. The smallest absolute Gasteiger partial charge is 0.289 e. The number of amides is 3. The molecule has 2 fully saturated rings. The summed E-state index contributed by atoms with van der Waals surface area (Å²) in [5, 5.41) is 7.83. The van der Waals surface area contributed by atoms with Crippen LogP contribution >= 0.6 is 0 Å². The molecule has 1 atom stereocenters. The van der Waals surface area contributed by atoms with Crippen molar-refractivity contribution in [2.24, 2.45) is 5.92 Å². The minimum Gasteiger partial charge on any atom is -0.375 e. The van der Waals surface area contributed by atoms with Gasteiger partial charge in [0.15, 0.2) is 5.54 Å². The number of rotatable bonds is 10. The van der Waals surface area contributed by atoms with Crippen LogP contribution in [0.3, 0.4) is 0 Å². The number of Topliss-reactive ketones (excluding diaryl/α,β-unsaturated/α-hetero) is 1. The van der Waals surface area contributed by atoms with Crippen LogP contribution in [0.2, 0.25) is 0 Å². The summed E-state index contributed by atoms with van der Waals surface area (Å²) in [6, 6.07) is 12.8. The molecular formula is C27H30F2N4O5. The van der Waals surface area contributed by atoms with Crippen LogP contribution in [-0.2, 0) is 36.9 Å². The van der Waals surface area contributed by atoms with E-state index in [0.717, 1.165) is 5.56 Å². The number of carbonyl (C=O) groups excluding carboxylic acids is 4. The van der Waals surface area contributed by atoms with E-state index in [1.165, 1.54) is 0 Å². The zero-order chi connectivity index (χ0) is 27.2. The summed E-state index contributed by atoms with van der Waals surface area (Å²) in [6.07, 6.45) is 0.871. The minimum atomic E-state index is -2.78. The van der Waals surface area contributed by atoms with Gasteiger partial charge in [-0.1, -0.05) is 36.4 Å². The van der Waals surface area contributed by atoms with Crippen molar-refractivity contribution in [2.45, 2.75) is 56.2 Å². The van der Waals surface area contributed by atoms with Crippen molar-refractivity contribution in [3.8, 4) is 0 Å². The number of hydrogen-bond acceptors (Lipinski definition) is 6. The van der Waals surface area contributed by atoms with Crippen molar-refractivity contribution in [1.29, 1.82) is 0 Å². The van der Waals surface area contributed by atoms with Crippen molar-refractivity contribution in [3.05, 3.63) is 66.0 Å². The number of alkyl halides is 2. The van der Waals surface area contributed by atoms with Gasteiger partial charge < -0.3 is 20.7 Å². The first kappa shape index (κ1) is 27.3. The number of ketones is 1. The third kappa shape index (κ3) is 6.77. The first-order valence-corrected chi connectivity index (χ1v) is 12.5. The van der Waals surface area contributed by atoms with Gasteiger partial charge in [-0.15, -0.1) is 0 Å². The summed E-state index contributed by atoms with van der Waals surface area (Å²) in [5.41, 5.74) is -0.169. The van der Waals surface area contributed by atoms with E-state index >= 15 is 0 Å². The summed E-state index contributed by atoms with van der Waals surface area (Å²) in [4.78, 5) is 56.1. The van der Waals surface area contributed by atoms with Gasteiger partial charge in [-0.05, 0) is 30.5 Å². The van der Waals surface area contributed by atoms with Crippen LogP contribution in [0.25, 0.3) is 0 Å². The number of ether oxygens (including phenoxy) is 1. The van der Waals surface area contributed by atoms with E-state index in [1.54, 1.807) is 54.7 Å². The predicted molar refractivity (Wildman–Crippen MR) is 132 cm³/mol. The summed E-state index contributed by atoms with van der Waals surface area (Å²) in [5.74, 6) is -6.34. The van der Waals surface area contributed by atoms with Gasteiger partial charge in [-0.25, -0.2) is 8.78 Å². The fraction of sp³-hybridized carbons (Fsp3) is 0.444. The minimum absolute atomic E-state index is 0.0168. The van der Waals surface area contributed by atoms with Crippen molar-refractivity contribution in [3.63, 3.8) is 0 Å². The molecule has 2 aliphatic rings. The Morgan fingerprint density at radius 3 is 2.29 bits per heavy atom. The SMILES string of the molecule is O=C(NCc1ccccn1)C(=O)[C@@H](Cc1ccccc1)NC(=O)C1(NC(=O)C2CCC(F)(F)CC2)COC1. The molecular weight excluding hydrogens is 498 g/mol. The third-order valence-corrected chi connectivity index (χ3v) is 6.87. The van der Waals surface area contributed by atoms with Crippen LogP contribution in [0, 0.1) is 5.92 Å². The number of aromatic nitrogens is 1. The van der Waals surface area contributed by atoms with Crippen LogP contribution in [0.5, 0.6) is 0 Å². The van der Waals surface area contributed by atoms with E-state index in [4.69, 9.17) is 4.74 Å². The van der Waals surface area contributed by atoms with Crippen LogP contribution in [0.15, 0.2) is 54.7 Å². The van der Waals surface area contributed by atoms with Crippen molar-refractivity contribution in [1.82, 2.24) is 20.9 Å². The zero-order valence-corrected chi connectivity index (χ0v) is 20.8. The predicted octanol–water partition coefficient (Wildman–Crippen LogP) is 1.71. The molecule has 9 nitrogen and oxygen atoms in total. The Bertz CT molecular complexity index is 1150. The maximum Gasteiger partial charge on any atom is 0.289 e. The lowest BCUT2D eigenvalue weighted by Crippen LogP contribution is -2.72. The molecule has 0 bridgehead atoms. The van der Waals surface area contributed by atoms with Gasteiger partial charge in [0.2, 0.25) is 17.6 Å². The highest BCUT2D eigenvalue weighted by atomic mass is 19.3. The van der Waals surface area contributed by atoms with Crippen LogP contribution in [0.1, 0.15) is 36.9 Å². The van der Waals surface area contributed by atoms with E-state index in [1.807, 2.05) is 0 Å². The number of hydrogen-bond donors (Lipinski definition) is 3. The average Bonchev–Trinajstić information content (AvgIpc) is 2.89. The molecule has 1 aliphatic heterocycles. The molecule has 11 heteroatoms. The third-order valence-electron chi connectivity index (χ3n) is 6.87. The molecule has 38 heavy (non-hydrogen) atoms. The number of benzene rings is 1. The molecule has 0 spiro atoms. The van der Waals surface area contributed by atoms with Gasteiger partial charge >= 0.3 is 0 Å². The lowest BCUT2D eigenvalue weighted by atomic mass is 9.85. The molecule has 0 radical (unpaired) electrons. The fourth-order valence-electron chi connectivity index (χ4n) is 4.48. The van der Waals surface area contributed by atoms with Crippen LogP contribution < -0.4 is 16.0 Å². The highest BCUT2D eigenvalue weighted by molar-refractivity contribution is 6.38. The molecule has 3 N–H and O–H groups in total. The quantitative estimate of drug-likeness (QED) is 0.403. The number of nitrogens with zero attached hydrogens (tertiary/aromatic N) is 1. The molecule has 202 valence electrons. The first-order valence-electron chi connectivity index (χ1n) is 12.5. The number of nitrogens with one attached hydrogen (secondary N) is 3. The second-order valence-electron chi connectivity index (χ2n) is 9.78. The number of pyridine rings is 1. The highest BCUT2D eigenvalue weighted by Crippen LogP contribution is 2.36. The van der Waals surface area contributed by atoms with E-state index in [-0.39, 0.29) is 51.9 Å². The maximum absolute atomic E-state index is 13.5. The molecule has 3 amide bonds. The largest absolute Gasteiger partial charge is 0.375 e. The fourth-order valence-corrected chi connectivity index (χ4v) is 4.48. The first-order chi connectivity index (χ1) is 18.2.